The molecule has 1 unspecified atom stereocenters. The van der Waals surface area contributed by atoms with E-state index < -0.39 is 0 Å². The summed E-state index contributed by atoms with van der Waals surface area (Å²) in [6.07, 6.45) is 9.71. The first-order valence-electron chi connectivity index (χ1n) is 6.43. The molecule has 1 aliphatic heterocycles. The second-order valence-electron chi connectivity index (χ2n) is 4.88. The summed E-state index contributed by atoms with van der Waals surface area (Å²) in [6.45, 7) is 2.09. The SMILES string of the molecule is Cn1cnc(CN2CCCCC2c2nccs2)c1. The highest BCUT2D eigenvalue weighted by Crippen LogP contribution is 2.32. The van der Waals surface area contributed by atoms with Crippen molar-refractivity contribution in [3.63, 3.8) is 0 Å². The van der Waals surface area contributed by atoms with Gasteiger partial charge in [0.2, 0.25) is 0 Å². The molecule has 0 amide bonds. The first kappa shape index (κ1) is 11.9. The minimum atomic E-state index is 0.487. The predicted octanol–water partition coefficient (Wildman–Crippen LogP) is 2.60. The number of rotatable bonds is 3. The molecule has 0 saturated carbocycles. The molecule has 1 atom stereocenters. The Morgan fingerprint density at radius 3 is 3.06 bits per heavy atom. The maximum absolute atomic E-state index is 4.49. The molecule has 96 valence electrons. The lowest BCUT2D eigenvalue weighted by Crippen LogP contribution is -2.32. The van der Waals surface area contributed by atoms with Crippen LogP contribution in [0.1, 0.15) is 36.0 Å². The Morgan fingerprint density at radius 1 is 1.39 bits per heavy atom. The maximum Gasteiger partial charge on any atom is 0.110 e. The van der Waals surface area contributed by atoms with Crippen LogP contribution >= 0.6 is 11.3 Å². The largest absolute Gasteiger partial charge is 0.340 e. The van der Waals surface area contributed by atoms with Gasteiger partial charge in [0.1, 0.15) is 5.01 Å². The summed E-state index contributed by atoms with van der Waals surface area (Å²) in [6, 6.07) is 0.487. The second-order valence-corrected chi connectivity index (χ2v) is 5.81. The Hall–Kier alpha value is -1.20. The van der Waals surface area contributed by atoms with E-state index in [9.17, 15) is 0 Å². The highest BCUT2D eigenvalue weighted by Gasteiger charge is 2.26. The van der Waals surface area contributed by atoms with Crippen LogP contribution in [0, 0.1) is 0 Å². The van der Waals surface area contributed by atoms with E-state index >= 15 is 0 Å². The van der Waals surface area contributed by atoms with Gasteiger partial charge in [0, 0.05) is 31.4 Å². The fraction of sp³-hybridized carbons (Fsp3) is 0.538. The molecular weight excluding hydrogens is 244 g/mol. The Bertz CT molecular complexity index is 491. The highest BCUT2D eigenvalue weighted by atomic mass is 32.1. The number of imidazole rings is 1. The minimum Gasteiger partial charge on any atom is -0.340 e. The molecule has 5 heteroatoms. The van der Waals surface area contributed by atoms with Crippen LogP contribution in [-0.2, 0) is 13.6 Å². The van der Waals surface area contributed by atoms with Crippen LogP contribution in [0.5, 0.6) is 0 Å². The highest BCUT2D eigenvalue weighted by molar-refractivity contribution is 7.09. The third-order valence-electron chi connectivity index (χ3n) is 3.47. The molecular formula is C13H18N4S. The summed E-state index contributed by atoms with van der Waals surface area (Å²) in [5, 5.41) is 3.33. The number of aryl methyl sites for hydroxylation is 1. The summed E-state index contributed by atoms with van der Waals surface area (Å²) in [7, 11) is 2.02. The van der Waals surface area contributed by atoms with Gasteiger partial charge in [0.25, 0.3) is 0 Å². The summed E-state index contributed by atoms with van der Waals surface area (Å²) in [4.78, 5) is 11.4. The molecule has 0 N–H and O–H groups in total. The van der Waals surface area contributed by atoms with E-state index in [-0.39, 0.29) is 0 Å². The first-order chi connectivity index (χ1) is 8.83. The predicted molar refractivity (Wildman–Crippen MR) is 72.3 cm³/mol. The topological polar surface area (TPSA) is 34.0 Å². The van der Waals surface area contributed by atoms with E-state index in [1.807, 2.05) is 24.1 Å². The van der Waals surface area contributed by atoms with Crippen LogP contribution in [-0.4, -0.2) is 26.0 Å². The van der Waals surface area contributed by atoms with E-state index in [1.165, 1.54) is 24.3 Å². The monoisotopic (exact) mass is 262 g/mol. The van der Waals surface area contributed by atoms with Crippen molar-refractivity contribution in [1.29, 1.82) is 0 Å². The fourth-order valence-corrected chi connectivity index (χ4v) is 3.42. The summed E-state index contributed by atoms with van der Waals surface area (Å²) in [5.41, 5.74) is 1.15. The number of hydrogen-bond donors (Lipinski definition) is 0. The van der Waals surface area contributed by atoms with E-state index in [1.54, 1.807) is 11.3 Å². The molecule has 0 aliphatic carbocycles. The minimum absolute atomic E-state index is 0.487. The fourth-order valence-electron chi connectivity index (χ4n) is 2.62. The number of nitrogens with zero attached hydrogens (tertiary/aromatic N) is 4. The standard InChI is InChI=1S/C13H18N4S/c1-16-8-11(15-10-16)9-17-6-3-2-4-12(17)13-14-5-7-18-13/h5,7-8,10,12H,2-4,6,9H2,1H3. The first-order valence-corrected chi connectivity index (χ1v) is 7.31. The van der Waals surface area contributed by atoms with Gasteiger partial charge in [0.05, 0.1) is 18.1 Å². The van der Waals surface area contributed by atoms with Crippen LogP contribution in [0.25, 0.3) is 0 Å². The lowest BCUT2D eigenvalue weighted by Gasteiger charge is -2.33. The number of thiazole rings is 1. The second kappa shape index (κ2) is 5.20. The molecule has 0 bridgehead atoms. The summed E-state index contributed by atoms with van der Waals surface area (Å²) < 4.78 is 2.01. The van der Waals surface area contributed by atoms with Gasteiger partial charge in [-0.15, -0.1) is 11.3 Å². The van der Waals surface area contributed by atoms with Gasteiger partial charge in [-0.3, -0.25) is 4.90 Å². The molecule has 2 aromatic rings. The zero-order chi connectivity index (χ0) is 12.4. The van der Waals surface area contributed by atoms with E-state index in [4.69, 9.17) is 0 Å². The molecule has 4 nitrogen and oxygen atoms in total. The zero-order valence-corrected chi connectivity index (χ0v) is 11.4. The van der Waals surface area contributed by atoms with Crippen LogP contribution in [0.4, 0.5) is 0 Å². The summed E-state index contributed by atoms with van der Waals surface area (Å²) >= 11 is 1.77. The molecule has 0 radical (unpaired) electrons. The molecule has 0 aromatic carbocycles. The third-order valence-corrected chi connectivity index (χ3v) is 4.35. The normalized spacial score (nSPS) is 21.3. The average Bonchev–Trinajstić information content (AvgIpc) is 3.02. The van der Waals surface area contributed by atoms with E-state index in [0.717, 1.165) is 18.8 Å². The van der Waals surface area contributed by atoms with Gasteiger partial charge in [-0.1, -0.05) is 6.42 Å². The van der Waals surface area contributed by atoms with Crippen LogP contribution in [0.2, 0.25) is 0 Å². The smallest absolute Gasteiger partial charge is 0.110 e. The summed E-state index contributed by atoms with van der Waals surface area (Å²) in [5.74, 6) is 0. The van der Waals surface area contributed by atoms with Crippen molar-refractivity contribution in [2.75, 3.05) is 6.54 Å². The quantitative estimate of drug-likeness (QED) is 0.852. The Kier molecular flexibility index (Phi) is 3.43. The molecule has 0 spiro atoms. The zero-order valence-electron chi connectivity index (χ0n) is 10.6. The van der Waals surface area contributed by atoms with Crippen LogP contribution in [0.3, 0.4) is 0 Å². The van der Waals surface area contributed by atoms with Crippen molar-refractivity contribution >= 4 is 11.3 Å². The molecule has 1 aliphatic rings. The molecule has 3 rings (SSSR count). The van der Waals surface area contributed by atoms with Crippen molar-refractivity contribution in [2.45, 2.75) is 31.8 Å². The molecule has 1 fully saturated rings. The van der Waals surface area contributed by atoms with Crippen LogP contribution < -0.4 is 0 Å². The Balaban J connectivity index is 1.76. The lowest BCUT2D eigenvalue weighted by atomic mass is 10.0. The molecule has 18 heavy (non-hydrogen) atoms. The van der Waals surface area contributed by atoms with E-state index in [2.05, 4.69) is 26.4 Å². The molecule has 1 saturated heterocycles. The van der Waals surface area contributed by atoms with E-state index in [0.29, 0.717) is 6.04 Å². The van der Waals surface area contributed by atoms with Crippen molar-refractivity contribution in [2.24, 2.45) is 7.05 Å². The van der Waals surface area contributed by atoms with Gasteiger partial charge < -0.3 is 4.57 Å². The molecule has 2 aromatic heterocycles. The maximum atomic E-state index is 4.49. The van der Waals surface area contributed by atoms with Crippen LogP contribution in [0.15, 0.2) is 24.1 Å². The number of aromatic nitrogens is 3. The van der Waals surface area contributed by atoms with Crippen molar-refractivity contribution < 1.29 is 0 Å². The Morgan fingerprint density at radius 2 is 2.33 bits per heavy atom. The molecule has 3 heterocycles. The van der Waals surface area contributed by atoms with Gasteiger partial charge >= 0.3 is 0 Å². The average molecular weight is 262 g/mol. The Labute approximate surface area is 111 Å². The third kappa shape index (κ3) is 2.47. The van der Waals surface area contributed by atoms with Gasteiger partial charge in [-0.2, -0.15) is 0 Å². The number of hydrogen-bond acceptors (Lipinski definition) is 4. The van der Waals surface area contributed by atoms with Gasteiger partial charge in [-0.25, -0.2) is 9.97 Å². The van der Waals surface area contributed by atoms with Gasteiger partial charge in [0.15, 0.2) is 0 Å². The van der Waals surface area contributed by atoms with Crippen molar-refractivity contribution in [1.82, 2.24) is 19.4 Å². The number of likely N-dealkylation sites (tertiary alicyclic amines) is 1. The van der Waals surface area contributed by atoms with Crippen molar-refractivity contribution in [3.8, 4) is 0 Å². The van der Waals surface area contributed by atoms with Gasteiger partial charge in [-0.05, 0) is 19.4 Å². The van der Waals surface area contributed by atoms with Crippen molar-refractivity contribution in [3.05, 3.63) is 34.8 Å². The lowest BCUT2D eigenvalue weighted by molar-refractivity contribution is 0.138. The number of piperidine rings is 1.